The predicted molar refractivity (Wildman–Crippen MR) is 81.3 cm³/mol. The number of benzene rings is 2. The molecule has 2 aromatic carbocycles. The largest absolute Gasteiger partial charge is 0.481 e. The van der Waals surface area contributed by atoms with E-state index in [4.69, 9.17) is 0 Å². The Morgan fingerprint density at radius 1 is 1.24 bits per heavy atom. The van der Waals surface area contributed by atoms with Gasteiger partial charge >= 0.3 is 5.97 Å². The van der Waals surface area contributed by atoms with Crippen LogP contribution in [-0.4, -0.2) is 16.8 Å². The number of rotatable bonds is 4. The minimum atomic E-state index is -0.963. The Bertz CT molecular complexity index is 671. The van der Waals surface area contributed by atoms with Crippen molar-refractivity contribution in [3.8, 4) is 0 Å². The lowest BCUT2D eigenvalue weighted by atomic mass is 9.86. The maximum absolute atomic E-state index is 13.9. The van der Waals surface area contributed by atoms with Crippen LogP contribution in [0, 0.1) is 5.82 Å². The summed E-state index contributed by atoms with van der Waals surface area (Å²) in [7, 11) is 0. The number of carboxylic acids is 1. The number of aliphatic carboxylic acids is 1. The van der Waals surface area contributed by atoms with Gasteiger partial charge in [-0.25, -0.2) is 4.39 Å². The van der Waals surface area contributed by atoms with Crippen molar-refractivity contribution >= 4 is 17.7 Å². The molecule has 2 aromatic rings. The van der Waals surface area contributed by atoms with Crippen molar-refractivity contribution in [1.29, 1.82) is 0 Å². The van der Waals surface area contributed by atoms with Crippen LogP contribution in [0.5, 0.6) is 0 Å². The summed E-state index contributed by atoms with van der Waals surface area (Å²) >= 11 is 1.74. The Morgan fingerprint density at radius 2 is 1.95 bits per heavy atom. The molecule has 1 heterocycles. The lowest BCUT2D eigenvalue weighted by Crippen LogP contribution is -2.16. The summed E-state index contributed by atoms with van der Waals surface area (Å²) in [5.41, 5.74) is 1.46. The smallest absolute Gasteiger partial charge is 0.311 e. The molecule has 2 atom stereocenters. The van der Waals surface area contributed by atoms with E-state index in [1.54, 1.807) is 30.0 Å². The second kappa shape index (κ2) is 5.90. The molecule has 0 saturated carbocycles. The molecule has 0 bridgehead atoms. The van der Waals surface area contributed by atoms with Crippen LogP contribution in [0.4, 0.5) is 4.39 Å². The summed E-state index contributed by atoms with van der Waals surface area (Å²) in [5, 5.41) is 9.49. The summed E-state index contributed by atoms with van der Waals surface area (Å²) in [6.45, 7) is 0. The predicted octanol–water partition coefficient (Wildman–Crippen LogP) is 4.27. The molecule has 1 N–H and O–H groups in total. The van der Waals surface area contributed by atoms with Gasteiger partial charge in [0.25, 0.3) is 0 Å². The fraction of sp³-hybridized carbons (Fsp3) is 0.235. The number of hydrogen-bond acceptors (Lipinski definition) is 2. The van der Waals surface area contributed by atoms with Gasteiger partial charge in [0.15, 0.2) is 0 Å². The van der Waals surface area contributed by atoms with Gasteiger partial charge in [-0.2, -0.15) is 0 Å². The molecule has 2 nitrogen and oxygen atoms in total. The molecule has 0 saturated heterocycles. The fourth-order valence-electron chi connectivity index (χ4n) is 2.83. The van der Waals surface area contributed by atoms with Crippen molar-refractivity contribution in [3.05, 3.63) is 65.5 Å². The molecule has 2 unspecified atom stereocenters. The average Bonchev–Trinajstić information content (AvgIpc) is 2.89. The Balaban J connectivity index is 1.88. The van der Waals surface area contributed by atoms with Crippen molar-refractivity contribution < 1.29 is 14.3 Å². The van der Waals surface area contributed by atoms with Crippen LogP contribution < -0.4 is 0 Å². The van der Waals surface area contributed by atoms with Gasteiger partial charge in [0, 0.05) is 16.2 Å². The monoisotopic (exact) mass is 302 g/mol. The highest BCUT2D eigenvalue weighted by Gasteiger charge is 2.31. The number of thioether (sulfide) groups is 1. The molecule has 1 aliphatic heterocycles. The van der Waals surface area contributed by atoms with Crippen molar-refractivity contribution in [3.63, 3.8) is 0 Å². The van der Waals surface area contributed by atoms with E-state index in [1.807, 2.05) is 18.2 Å². The topological polar surface area (TPSA) is 37.3 Å². The third-order valence-corrected chi connectivity index (χ3v) is 5.15. The summed E-state index contributed by atoms with van der Waals surface area (Å²) in [6, 6.07) is 14.2. The zero-order valence-corrected chi connectivity index (χ0v) is 12.1. The van der Waals surface area contributed by atoms with Gasteiger partial charge in [-0.1, -0.05) is 36.4 Å². The molecule has 0 spiro atoms. The first-order chi connectivity index (χ1) is 10.2. The summed E-state index contributed by atoms with van der Waals surface area (Å²) < 4.78 is 13.9. The van der Waals surface area contributed by atoms with E-state index < -0.39 is 17.7 Å². The number of carbonyl (C=O) groups is 1. The van der Waals surface area contributed by atoms with Gasteiger partial charge in [-0.15, -0.1) is 11.8 Å². The van der Waals surface area contributed by atoms with Crippen molar-refractivity contribution in [2.45, 2.75) is 23.2 Å². The fourth-order valence-corrected chi connectivity index (χ4v) is 4.10. The number of hydrogen-bond donors (Lipinski definition) is 1. The van der Waals surface area contributed by atoms with Crippen molar-refractivity contribution in [1.82, 2.24) is 0 Å². The van der Waals surface area contributed by atoms with Gasteiger partial charge in [-0.05, 0) is 30.0 Å². The second-order valence-electron chi connectivity index (χ2n) is 5.19. The Kier molecular flexibility index (Phi) is 3.97. The Labute approximate surface area is 127 Å². The molecule has 0 aliphatic carbocycles. The summed E-state index contributed by atoms with van der Waals surface area (Å²) in [6.07, 6.45) is 0.431. The summed E-state index contributed by atoms with van der Waals surface area (Å²) in [5.74, 6) is -1.19. The minimum absolute atomic E-state index is 0.159. The highest BCUT2D eigenvalue weighted by atomic mass is 32.2. The van der Waals surface area contributed by atoms with Crippen molar-refractivity contribution in [2.24, 2.45) is 0 Å². The van der Waals surface area contributed by atoms with Gasteiger partial charge < -0.3 is 5.11 Å². The zero-order chi connectivity index (χ0) is 14.8. The van der Waals surface area contributed by atoms with Crippen LogP contribution in [0.3, 0.4) is 0 Å². The van der Waals surface area contributed by atoms with Gasteiger partial charge in [0.1, 0.15) is 5.82 Å². The standard InChI is InChI=1S/C17H15FO2S/c18-15-7-3-1-6-13(15)14(17(19)20)9-11-10-21-16-8-4-2-5-12(11)16/h1-8,11,14H,9-10H2,(H,19,20). The van der Waals surface area contributed by atoms with Crippen molar-refractivity contribution in [2.75, 3.05) is 5.75 Å². The molecular formula is C17H15FO2S. The van der Waals surface area contributed by atoms with E-state index in [2.05, 4.69) is 6.07 Å². The first-order valence-electron chi connectivity index (χ1n) is 6.85. The van der Waals surface area contributed by atoms with E-state index in [-0.39, 0.29) is 11.5 Å². The molecule has 3 rings (SSSR count). The van der Waals surface area contributed by atoms with Gasteiger partial charge in [0.05, 0.1) is 5.92 Å². The van der Waals surface area contributed by atoms with Crippen LogP contribution in [0.25, 0.3) is 0 Å². The Morgan fingerprint density at radius 3 is 2.71 bits per heavy atom. The van der Waals surface area contributed by atoms with Crippen LogP contribution in [0.15, 0.2) is 53.4 Å². The number of halogens is 1. The van der Waals surface area contributed by atoms with Crippen LogP contribution in [0.1, 0.15) is 29.4 Å². The lowest BCUT2D eigenvalue weighted by molar-refractivity contribution is -0.139. The molecule has 21 heavy (non-hydrogen) atoms. The number of carboxylic acid groups (broad SMARTS) is 1. The molecular weight excluding hydrogens is 287 g/mol. The van der Waals surface area contributed by atoms with E-state index in [1.165, 1.54) is 16.5 Å². The van der Waals surface area contributed by atoms with Gasteiger partial charge in [0.2, 0.25) is 0 Å². The molecule has 4 heteroatoms. The van der Waals surface area contributed by atoms with Crippen LogP contribution in [-0.2, 0) is 4.79 Å². The third-order valence-electron chi connectivity index (χ3n) is 3.90. The molecule has 0 fully saturated rings. The first-order valence-corrected chi connectivity index (χ1v) is 7.84. The van der Waals surface area contributed by atoms with Gasteiger partial charge in [-0.3, -0.25) is 4.79 Å². The van der Waals surface area contributed by atoms with E-state index in [9.17, 15) is 14.3 Å². The average molecular weight is 302 g/mol. The van der Waals surface area contributed by atoms with Crippen LogP contribution >= 0.6 is 11.8 Å². The quantitative estimate of drug-likeness (QED) is 0.916. The highest BCUT2D eigenvalue weighted by molar-refractivity contribution is 7.99. The zero-order valence-electron chi connectivity index (χ0n) is 11.3. The maximum Gasteiger partial charge on any atom is 0.311 e. The highest BCUT2D eigenvalue weighted by Crippen LogP contribution is 2.44. The SMILES string of the molecule is O=C(O)C(CC1CSc2ccccc21)c1ccccc1F. The van der Waals surface area contributed by atoms with E-state index >= 15 is 0 Å². The second-order valence-corrected chi connectivity index (χ2v) is 6.26. The van der Waals surface area contributed by atoms with E-state index in [0.717, 1.165) is 5.75 Å². The molecule has 0 radical (unpaired) electrons. The molecule has 0 aromatic heterocycles. The lowest BCUT2D eigenvalue weighted by Gasteiger charge is -2.18. The number of fused-ring (bicyclic) bond motifs is 1. The maximum atomic E-state index is 13.9. The molecule has 108 valence electrons. The van der Waals surface area contributed by atoms with E-state index in [0.29, 0.717) is 6.42 Å². The minimum Gasteiger partial charge on any atom is -0.481 e. The first kappa shape index (κ1) is 14.1. The molecule has 1 aliphatic rings. The van der Waals surface area contributed by atoms with Crippen LogP contribution in [0.2, 0.25) is 0 Å². The Hall–Kier alpha value is -1.81. The third kappa shape index (κ3) is 2.81. The normalized spacial score (nSPS) is 18.2. The summed E-state index contributed by atoms with van der Waals surface area (Å²) in [4.78, 5) is 12.8. The molecule has 0 amide bonds.